The van der Waals surface area contributed by atoms with E-state index in [1.807, 2.05) is 0 Å². The SMILES string of the molecule is Cn1nc(N2C(=O)c3ccccc3C2=O)c(F)c1C(C)(C)CO. The number of aromatic nitrogens is 2. The third-order valence-corrected chi connectivity index (χ3v) is 4.01. The van der Waals surface area contributed by atoms with Crippen molar-refractivity contribution in [1.82, 2.24) is 9.78 Å². The average Bonchev–Trinajstić information content (AvgIpc) is 2.95. The van der Waals surface area contributed by atoms with Crippen molar-refractivity contribution in [2.24, 2.45) is 7.05 Å². The highest BCUT2D eigenvalue weighted by molar-refractivity contribution is 6.34. The fourth-order valence-corrected chi connectivity index (χ4v) is 2.82. The van der Waals surface area contributed by atoms with Crippen LogP contribution in [0.25, 0.3) is 0 Å². The molecule has 2 heterocycles. The third-order valence-electron chi connectivity index (χ3n) is 4.01. The molecule has 0 saturated carbocycles. The largest absolute Gasteiger partial charge is 0.395 e. The van der Waals surface area contributed by atoms with E-state index in [4.69, 9.17) is 0 Å². The zero-order chi connectivity index (χ0) is 16.9. The molecule has 0 atom stereocenters. The van der Waals surface area contributed by atoms with Crippen LogP contribution in [0.3, 0.4) is 0 Å². The summed E-state index contributed by atoms with van der Waals surface area (Å²) < 4.78 is 16.1. The van der Waals surface area contributed by atoms with Crippen LogP contribution in [0.15, 0.2) is 24.3 Å². The van der Waals surface area contributed by atoms with Crippen molar-refractivity contribution >= 4 is 17.6 Å². The number of amides is 2. The van der Waals surface area contributed by atoms with E-state index in [-0.39, 0.29) is 29.2 Å². The summed E-state index contributed by atoms with van der Waals surface area (Å²) in [7, 11) is 1.51. The second-order valence-electron chi connectivity index (χ2n) is 6.14. The molecule has 120 valence electrons. The number of carbonyl (C=O) groups is 2. The lowest BCUT2D eigenvalue weighted by molar-refractivity contribution is 0.0923. The Balaban J connectivity index is 2.14. The topological polar surface area (TPSA) is 75.4 Å². The first kappa shape index (κ1) is 15.4. The third kappa shape index (κ3) is 2.08. The highest BCUT2D eigenvalue weighted by Gasteiger charge is 2.41. The van der Waals surface area contributed by atoms with Crippen LogP contribution in [0.1, 0.15) is 40.3 Å². The van der Waals surface area contributed by atoms with Crippen LogP contribution in [0, 0.1) is 5.82 Å². The molecular weight excluding hydrogens is 301 g/mol. The van der Waals surface area contributed by atoms with Gasteiger partial charge in [-0.15, -0.1) is 0 Å². The van der Waals surface area contributed by atoms with Crippen LogP contribution >= 0.6 is 0 Å². The van der Waals surface area contributed by atoms with Crippen molar-refractivity contribution in [2.45, 2.75) is 19.3 Å². The molecule has 0 fully saturated rings. The van der Waals surface area contributed by atoms with Gasteiger partial charge in [-0.2, -0.15) is 5.10 Å². The highest BCUT2D eigenvalue weighted by Crippen LogP contribution is 2.34. The van der Waals surface area contributed by atoms with Crippen molar-refractivity contribution in [3.05, 3.63) is 46.9 Å². The van der Waals surface area contributed by atoms with Crippen molar-refractivity contribution in [3.63, 3.8) is 0 Å². The zero-order valence-corrected chi connectivity index (χ0v) is 13.0. The van der Waals surface area contributed by atoms with Gasteiger partial charge in [-0.25, -0.2) is 9.29 Å². The van der Waals surface area contributed by atoms with Crippen molar-refractivity contribution in [3.8, 4) is 0 Å². The Morgan fingerprint density at radius 2 is 1.70 bits per heavy atom. The summed E-state index contributed by atoms with van der Waals surface area (Å²) in [6, 6.07) is 6.33. The van der Waals surface area contributed by atoms with Crippen LogP contribution in [0.5, 0.6) is 0 Å². The van der Waals surface area contributed by atoms with E-state index in [0.29, 0.717) is 0 Å². The van der Waals surface area contributed by atoms with E-state index in [2.05, 4.69) is 5.10 Å². The quantitative estimate of drug-likeness (QED) is 0.873. The Kier molecular flexibility index (Phi) is 3.33. The Labute approximate surface area is 132 Å². The van der Waals surface area contributed by atoms with Gasteiger partial charge in [0.2, 0.25) is 5.82 Å². The van der Waals surface area contributed by atoms with E-state index in [9.17, 15) is 19.1 Å². The van der Waals surface area contributed by atoms with E-state index in [1.165, 1.54) is 23.9 Å². The van der Waals surface area contributed by atoms with Gasteiger partial charge in [-0.05, 0) is 12.1 Å². The number of fused-ring (bicyclic) bond motifs is 1. The molecule has 3 rings (SSSR count). The number of halogens is 1. The molecule has 23 heavy (non-hydrogen) atoms. The van der Waals surface area contributed by atoms with Gasteiger partial charge in [0.15, 0.2) is 5.82 Å². The molecule has 2 amide bonds. The standard InChI is InChI=1S/C16H16FN3O3/c1-16(2,8-21)12-11(17)13(18-19(12)3)20-14(22)9-6-4-5-7-10(9)15(20)23/h4-7,21H,8H2,1-3H3. The number of hydrogen-bond donors (Lipinski definition) is 1. The molecule has 1 aliphatic heterocycles. The predicted molar refractivity (Wildman–Crippen MR) is 80.9 cm³/mol. The minimum absolute atomic E-state index is 0.131. The van der Waals surface area contributed by atoms with E-state index >= 15 is 0 Å². The number of nitrogens with zero attached hydrogens (tertiary/aromatic N) is 3. The maximum atomic E-state index is 14.9. The van der Waals surface area contributed by atoms with Crippen molar-refractivity contribution in [1.29, 1.82) is 0 Å². The molecule has 1 aromatic carbocycles. The number of rotatable bonds is 3. The average molecular weight is 317 g/mol. The van der Waals surface area contributed by atoms with Gasteiger partial charge in [-0.3, -0.25) is 14.3 Å². The number of imide groups is 1. The van der Waals surface area contributed by atoms with Crippen LogP contribution in [0.4, 0.5) is 10.2 Å². The summed E-state index contributed by atoms with van der Waals surface area (Å²) in [5.41, 5.74) is -0.314. The molecule has 1 aliphatic rings. The molecule has 0 unspecified atom stereocenters. The summed E-state index contributed by atoms with van der Waals surface area (Å²) in [5.74, 6) is -2.32. The van der Waals surface area contributed by atoms with Gasteiger partial charge in [0, 0.05) is 12.5 Å². The fraction of sp³-hybridized carbons (Fsp3) is 0.312. The lowest BCUT2D eigenvalue weighted by Gasteiger charge is -2.21. The van der Waals surface area contributed by atoms with Crippen LogP contribution in [-0.2, 0) is 12.5 Å². The van der Waals surface area contributed by atoms with Gasteiger partial charge in [0.1, 0.15) is 0 Å². The summed E-state index contributed by atoms with van der Waals surface area (Å²) >= 11 is 0. The maximum absolute atomic E-state index is 14.9. The maximum Gasteiger partial charge on any atom is 0.267 e. The monoisotopic (exact) mass is 317 g/mol. The first-order chi connectivity index (χ1) is 10.8. The number of carbonyl (C=O) groups excluding carboxylic acids is 2. The van der Waals surface area contributed by atoms with Gasteiger partial charge in [0.25, 0.3) is 11.8 Å². The zero-order valence-electron chi connectivity index (χ0n) is 13.0. The van der Waals surface area contributed by atoms with E-state index in [0.717, 1.165) is 4.90 Å². The summed E-state index contributed by atoms with van der Waals surface area (Å²) in [4.78, 5) is 25.6. The Morgan fingerprint density at radius 3 is 2.17 bits per heavy atom. The minimum Gasteiger partial charge on any atom is -0.395 e. The normalized spacial score (nSPS) is 14.6. The number of aryl methyl sites for hydroxylation is 1. The number of hydrogen-bond acceptors (Lipinski definition) is 4. The fourth-order valence-electron chi connectivity index (χ4n) is 2.82. The molecule has 0 bridgehead atoms. The van der Waals surface area contributed by atoms with Gasteiger partial charge < -0.3 is 5.11 Å². The molecule has 6 nitrogen and oxygen atoms in total. The lowest BCUT2D eigenvalue weighted by atomic mass is 9.90. The molecule has 0 radical (unpaired) electrons. The van der Waals surface area contributed by atoms with Crippen LogP contribution in [0.2, 0.25) is 0 Å². The Bertz CT molecular complexity index is 791. The number of aliphatic hydroxyl groups is 1. The van der Waals surface area contributed by atoms with Gasteiger partial charge >= 0.3 is 0 Å². The molecular formula is C16H16FN3O3. The highest BCUT2D eigenvalue weighted by atomic mass is 19.1. The number of benzene rings is 1. The molecule has 7 heteroatoms. The lowest BCUT2D eigenvalue weighted by Crippen LogP contribution is -2.31. The van der Waals surface area contributed by atoms with Crippen molar-refractivity contribution < 1.29 is 19.1 Å². The van der Waals surface area contributed by atoms with Gasteiger partial charge in [0.05, 0.1) is 23.4 Å². The molecule has 2 aromatic rings. The molecule has 0 saturated heterocycles. The summed E-state index contributed by atoms with van der Waals surface area (Å²) in [6.45, 7) is 3.00. The van der Waals surface area contributed by atoms with Crippen LogP contribution < -0.4 is 4.90 Å². The molecule has 0 spiro atoms. The predicted octanol–water partition coefficient (Wildman–Crippen LogP) is 1.63. The Morgan fingerprint density at radius 1 is 1.17 bits per heavy atom. The number of aliphatic hydroxyl groups excluding tert-OH is 1. The van der Waals surface area contributed by atoms with E-state index < -0.39 is 23.0 Å². The molecule has 1 N–H and O–H groups in total. The second kappa shape index (κ2) is 4.99. The Hall–Kier alpha value is -2.54. The first-order valence-electron chi connectivity index (χ1n) is 7.11. The van der Waals surface area contributed by atoms with Crippen LogP contribution in [-0.4, -0.2) is 33.3 Å². The first-order valence-corrected chi connectivity index (χ1v) is 7.11. The number of anilines is 1. The minimum atomic E-state index is -0.900. The van der Waals surface area contributed by atoms with Crippen molar-refractivity contribution in [2.75, 3.05) is 11.5 Å². The van der Waals surface area contributed by atoms with E-state index in [1.54, 1.807) is 26.0 Å². The summed E-state index contributed by atoms with van der Waals surface area (Å²) in [5, 5.41) is 13.5. The smallest absolute Gasteiger partial charge is 0.267 e. The van der Waals surface area contributed by atoms with Gasteiger partial charge in [-0.1, -0.05) is 26.0 Å². The summed E-state index contributed by atoms with van der Waals surface area (Å²) in [6.07, 6.45) is 0. The molecule has 0 aliphatic carbocycles. The molecule has 1 aromatic heterocycles. The second-order valence-corrected chi connectivity index (χ2v) is 6.14.